The first-order valence-corrected chi connectivity index (χ1v) is 5.51. The van der Waals surface area contributed by atoms with Crippen molar-refractivity contribution in [1.82, 2.24) is 5.32 Å². The molecule has 0 aromatic rings. The molecule has 17 heavy (non-hydrogen) atoms. The van der Waals surface area contributed by atoms with Gasteiger partial charge in [0.05, 0.1) is 19.1 Å². The largest absolute Gasteiger partial charge is 0.480 e. The third-order valence-electron chi connectivity index (χ3n) is 2.22. The van der Waals surface area contributed by atoms with Gasteiger partial charge in [-0.1, -0.05) is 0 Å². The van der Waals surface area contributed by atoms with E-state index in [0.29, 0.717) is 25.8 Å². The van der Waals surface area contributed by atoms with Crippen LogP contribution in [0.2, 0.25) is 0 Å². The van der Waals surface area contributed by atoms with Crippen LogP contribution < -0.4 is 11.1 Å². The van der Waals surface area contributed by atoms with Crippen LogP contribution in [0.3, 0.4) is 0 Å². The van der Waals surface area contributed by atoms with Crippen LogP contribution >= 0.6 is 0 Å². The molecule has 0 spiro atoms. The van der Waals surface area contributed by atoms with Crippen molar-refractivity contribution in [3.63, 3.8) is 0 Å². The minimum Gasteiger partial charge on any atom is -0.480 e. The first-order valence-electron chi connectivity index (χ1n) is 5.51. The van der Waals surface area contributed by atoms with Gasteiger partial charge in [-0.3, -0.25) is 9.59 Å². The number of aliphatic hydroxyl groups is 2. The molecule has 0 aliphatic heterocycles. The summed E-state index contributed by atoms with van der Waals surface area (Å²) in [6.45, 7) is 0.142. The van der Waals surface area contributed by atoms with Gasteiger partial charge in [0.25, 0.3) is 0 Å². The number of nitrogens with two attached hydrogens (primary N) is 1. The Morgan fingerprint density at radius 2 is 1.94 bits per heavy atom. The molecule has 2 unspecified atom stereocenters. The molecule has 7 heteroatoms. The molecule has 0 heterocycles. The van der Waals surface area contributed by atoms with Crippen molar-refractivity contribution in [2.45, 2.75) is 37.8 Å². The summed E-state index contributed by atoms with van der Waals surface area (Å²) < 4.78 is 0. The number of carboxylic acids is 1. The number of aliphatic hydroxyl groups excluding tert-OH is 2. The maximum Gasteiger partial charge on any atom is 0.321 e. The number of carbonyl (C=O) groups is 2. The summed E-state index contributed by atoms with van der Waals surface area (Å²) >= 11 is 0. The van der Waals surface area contributed by atoms with Crippen LogP contribution in [0.1, 0.15) is 25.7 Å². The first kappa shape index (κ1) is 15.8. The lowest BCUT2D eigenvalue weighted by molar-refractivity contribution is -0.140. The molecule has 0 aromatic heterocycles. The van der Waals surface area contributed by atoms with Crippen LogP contribution in [-0.2, 0) is 9.59 Å². The maximum atomic E-state index is 11.2. The van der Waals surface area contributed by atoms with Gasteiger partial charge in [0.1, 0.15) is 6.04 Å². The summed E-state index contributed by atoms with van der Waals surface area (Å²) in [5.74, 6) is -1.60. The van der Waals surface area contributed by atoms with Crippen LogP contribution in [0.25, 0.3) is 0 Å². The van der Waals surface area contributed by atoms with Gasteiger partial charge in [-0.2, -0.15) is 0 Å². The summed E-state index contributed by atoms with van der Waals surface area (Å²) in [6, 6.07) is -1.17. The second kappa shape index (κ2) is 8.91. The van der Waals surface area contributed by atoms with Crippen LogP contribution in [0.15, 0.2) is 0 Å². The number of aliphatic carboxylic acids is 1. The standard InChI is InChI=1S/C10H20N2O5/c11-8(10(16)17)5-9(15)12-4-2-1-3-7(14)6-13/h7-8,13-14H,1-6,11H2,(H,12,15)(H,16,17). The Kier molecular flexibility index (Phi) is 8.29. The molecule has 6 N–H and O–H groups in total. The summed E-state index contributed by atoms with van der Waals surface area (Å²) in [5.41, 5.74) is 5.18. The van der Waals surface area contributed by atoms with Crippen LogP contribution in [-0.4, -0.2) is 52.5 Å². The van der Waals surface area contributed by atoms with E-state index < -0.39 is 24.0 Å². The van der Waals surface area contributed by atoms with Crippen molar-refractivity contribution < 1.29 is 24.9 Å². The Morgan fingerprint density at radius 3 is 2.47 bits per heavy atom. The number of carboxylic acid groups (broad SMARTS) is 1. The highest BCUT2D eigenvalue weighted by molar-refractivity contribution is 5.84. The fourth-order valence-electron chi connectivity index (χ4n) is 1.18. The quantitative estimate of drug-likeness (QED) is 0.313. The number of nitrogens with one attached hydrogen (secondary N) is 1. The van der Waals surface area contributed by atoms with Crippen molar-refractivity contribution in [2.75, 3.05) is 13.2 Å². The fourth-order valence-corrected chi connectivity index (χ4v) is 1.18. The molecule has 1 amide bonds. The highest BCUT2D eigenvalue weighted by Gasteiger charge is 2.15. The second-order valence-corrected chi connectivity index (χ2v) is 3.83. The highest BCUT2D eigenvalue weighted by Crippen LogP contribution is 1.99. The predicted octanol–water partition coefficient (Wildman–Crippen LogP) is -1.57. The molecule has 0 saturated heterocycles. The summed E-state index contributed by atoms with van der Waals surface area (Å²) in [7, 11) is 0. The SMILES string of the molecule is NC(CC(=O)NCCCCC(O)CO)C(=O)O. The summed E-state index contributed by atoms with van der Waals surface area (Å²) in [6.07, 6.45) is 0.847. The van der Waals surface area contributed by atoms with E-state index >= 15 is 0 Å². The Hall–Kier alpha value is -1.18. The van der Waals surface area contributed by atoms with Crippen molar-refractivity contribution >= 4 is 11.9 Å². The number of carbonyl (C=O) groups excluding carboxylic acids is 1. The average Bonchev–Trinajstić information content (AvgIpc) is 2.27. The van der Waals surface area contributed by atoms with E-state index in [2.05, 4.69) is 5.32 Å². The zero-order valence-corrected chi connectivity index (χ0v) is 9.63. The van der Waals surface area contributed by atoms with Crippen molar-refractivity contribution in [3.05, 3.63) is 0 Å². The van der Waals surface area contributed by atoms with E-state index in [1.165, 1.54) is 0 Å². The molecule has 0 bridgehead atoms. The smallest absolute Gasteiger partial charge is 0.321 e. The second-order valence-electron chi connectivity index (χ2n) is 3.83. The van der Waals surface area contributed by atoms with Gasteiger partial charge in [0.2, 0.25) is 5.91 Å². The first-order chi connectivity index (χ1) is 7.97. The van der Waals surface area contributed by atoms with Crippen molar-refractivity contribution in [2.24, 2.45) is 5.73 Å². The normalized spacial score (nSPS) is 14.1. The van der Waals surface area contributed by atoms with Gasteiger partial charge in [-0.15, -0.1) is 0 Å². The lowest BCUT2D eigenvalue weighted by Crippen LogP contribution is -2.37. The minimum atomic E-state index is -1.20. The average molecular weight is 248 g/mol. The number of hydrogen-bond acceptors (Lipinski definition) is 5. The number of unbranched alkanes of at least 4 members (excludes halogenated alkanes) is 1. The number of amides is 1. The van der Waals surface area contributed by atoms with Crippen molar-refractivity contribution in [3.8, 4) is 0 Å². The van der Waals surface area contributed by atoms with E-state index in [9.17, 15) is 9.59 Å². The van der Waals surface area contributed by atoms with E-state index in [4.69, 9.17) is 21.1 Å². The van der Waals surface area contributed by atoms with E-state index in [1.54, 1.807) is 0 Å². The Morgan fingerprint density at radius 1 is 1.29 bits per heavy atom. The third-order valence-corrected chi connectivity index (χ3v) is 2.22. The molecule has 100 valence electrons. The Balaban J connectivity index is 3.49. The zero-order valence-electron chi connectivity index (χ0n) is 9.63. The molecule has 0 saturated carbocycles. The van der Waals surface area contributed by atoms with Crippen molar-refractivity contribution in [1.29, 1.82) is 0 Å². The van der Waals surface area contributed by atoms with E-state index in [1.807, 2.05) is 0 Å². The minimum absolute atomic E-state index is 0.241. The monoisotopic (exact) mass is 248 g/mol. The van der Waals surface area contributed by atoms with Gasteiger partial charge >= 0.3 is 5.97 Å². The Bertz CT molecular complexity index is 247. The van der Waals surface area contributed by atoms with Gasteiger partial charge in [-0.25, -0.2) is 0 Å². The molecular weight excluding hydrogens is 228 g/mol. The molecule has 0 aliphatic rings. The maximum absolute atomic E-state index is 11.2. The van der Waals surface area contributed by atoms with Crippen LogP contribution in [0.4, 0.5) is 0 Å². The molecule has 0 rings (SSSR count). The van der Waals surface area contributed by atoms with Gasteiger partial charge < -0.3 is 26.4 Å². The van der Waals surface area contributed by atoms with Gasteiger partial charge in [-0.05, 0) is 19.3 Å². The van der Waals surface area contributed by atoms with Gasteiger partial charge in [0, 0.05) is 6.54 Å². The highest BCUT2D eigenvalue weighted by atomic mass is 16.4. The lowest BCUT2D eigenvalue weighted by atomic mass is 10.1. The van der Waals surface area contributed by atoms with Gasteiger partial charge in [0.15, 0.2) is 0 Å². The van der Waals surface area contributed by atoms with Crippen LogP contribution in [0.5, 0.6) is 0 Å². The predicted molar refractivity (Wildman–Crippen MR) is 60.2 cm³/mol. The topological polar surface area (TPSA) is 133 Å². The molecular formula is C10H20N2O5. The van der Waals surface area contributed by atoms with Crippen LogP contribution in [0, 0.1) is 0 Å². The Labute approximate surface area is 99.6 Å². The molecule has 2 atom stereocenters. The van der Waals surface area contributed by atoms with E-state index in [0.717, 1.165) is 0 Å². The molecule has 0 fully saturated rings. The summed E-state index contributed by atoms with van der Waals surface area (Å²) in [4.78, 5) is 21.5. The molecule has 0 aliphatic carbocycles. The number of rotatable bonds is 9. The fraction of sp³-hybridized carbons (Fsp3) is 0.800. The molecule has 7 nitrogen and oxygen atoms in total. The molecule has 0 radical (unpaired) electrons. The number of hydrogen-bond donors (Lipinski definition) is 5. The van der Waals surface area contributed by atoms with E-state index in [-0.39, 0.29) is 13.0 Å². The lowest BCUT2D eigenvalue weighted by Gasteiger charge is -2.09. The zero-order chi connectivity index (χ0) is 13.3. The summed E-state index contributed by atoms with van der Waals surface area (Å²) in [5, 5.41) is 28.6. The third kappa shape index (κ3) is 8.61. The molecule has 0 aromatic carbocycles.